The van der Waals surface area contributed by atoms with Gasteiger partial charge >= 0.3 is 0 Å². The van der Waals surface area contributed by atoms with E-state index in [2.05, 4.69) is 16.3 Å². The molecule has 2 N–H and O–H groups in total. The number of aromatic hydroxyl groups is 1. The van der Waals surface area contributed by atoms with Crippen molar-refractivity contribution in [1.82, 2.24) is 5.32 Å². The second-order valence-electron chi connectivity index (χ2n) is 9.32. The van der Waals surface area contributed by atoms with E-state index in [0.717, 1.165) is 48.7 Å². The van der Waals surface area contributed by atoms with E-state index in [-0.39, 0.29) is 23.9 Å². The lowest BCUT2D eigenvalue weighted by molar-refractivity contribution is -0.119. The topological polar surface area (TPSA) is 91.3 Å². The first kappa shape index (κ1) is 24.6. The van der Waals surface area contributed by atoms with Gasteiger partial charge in [-0.25, -0.2) is 0 Å². The molecule has 1 fully saturated rings. The van der Waals surface area contributed by atoms with Gasteiger partial charge in [0.25, 0.3) is 0 Å². The van der Waals surface area contributed by atoms with Crippen LogP contribution in [-0.4, -0.2) is 57.2 Å². The molecule has 0 radical (unpaired) electrons. The van der Waals surface area contributed by atoms with Crippen molar-refractivity contribution >= 4 is 23.1 Å². The molecule has 0 aromatic heterocycles. The highest BCUT2D eigenvalue weighted by molar-refractivity contribution is 6.09. The number of phenols is 1. The number of nitrogens with one attached hydrogen (secondary N) is 1. The molecule has 37 heavy (non-hydrogen) atoms. The highest BCUT2D eigenvalue weighted by atomic mass is 16.5. The lowest BCUT2D eigenvalue weighted by atomic mass is 9.83. The minimum atomic E-state index is -0.612. The van der Waals surface area contributed by atoms with Gasteiger partial charge in [0, 0.05) is 49.5 Å². The van der Waals surface area contributed by atoms with E-state index in [1.54, 1.807) is 54.5 Å². The number of hydrogen-bond acceptors (Lipinski definition) is 7. The van der Waals surface area contributed by atoms with Crippen LogP contribution in [0.3, 0.4) is 0 Å². The zero-order valence-electron chi connectivity index (χ0n) is 21.1. The number of ether oxygens (including phenoxy) is 2. The van der Waals surface area contributed by atoms with Gasteiger partial charge in [-0.15, -0.1) is 0 Å². The van der Waals surface area contributed by atoms with E-state index in [4.69, 9.17) is 9.47 Å². The van der Waals surface area contributed by atoms with Gasteiger partial charge in [-0.1, -0.05) is 12.1 Å². The fraction of sp³-hybridized carbons (Fsp3) is 0.310. The number of rotatable bonds is 7. The van der Waals surface area contributed by atoms with E-state index in [9.17, 15) is 14.7 Å². The van der Waals surface area contributed by atoms with Crippen molar-refractivity contribution < 1.29 is 24.2 Å². The van der Waals surface area contributed by atoms with Gasteiger partial charge in [0.1, 0.15) is 5.75 Å². The van der Waals surface area contributed by atoms with E-state index >= 15 is 0 Å². The number of carbonyl (C=O) groups excluding carboxylic acids is 2. The van der Waals surface area contributed by atoms with Crippen LogP contribution in [0.1, 0.15) is 33.8 Å². The van der Waals surface area contributed by atoms with Crippen LogP contribution in [0.5, 0.6) is 17.2 Å². The van der Waals surface area contributed by atoms with Crippen LogP contribution in [0.4, 0.5) is 11.4 Å². The summed E-state index contributed by atoms with van der Waals surface area (Å²) >= 11 is 0. The van der Waals surface area contributed by atoms with Crippen molar-refractivity contribution in [3.63, 3.8) is 0 Å². The van der Waals surface area contributed by atoms with Crippen molar-refractivity contribution in [3.05, 3.63) is 77.4 Å². The number of hydrogen-bond donors (Lipinski definition) is 2. The molecule has 1 atom stereocenters. The van der Waals surface area contributed by atoms with Crippen LogP contribution in [-0.2, 0) is 11.3 Å². The summed E-state index contributed by atoms with van der Waals surface area (Å²) in [6.45, 7) is 3.91. The summed E-state index contributed by atoms with van der Waals surface area (Å²) in [6.07, 6.45) is 0.0727. The monoisotopic (exact) mass is 501 g/mol. The Kier molecular flexibility index (Phi) is 7.01. The highest BCUT2D eigenvalue weighted by Crippen LogP contribution is 2.41. The molecule has 1 saturated heterocycles. The van der Waals surface area contributed by atoms with Gasteiger partial charge in [-0.05, 0) is 59.7 Å². The molecule has 3 aromatic rings. The van der Waals surface area contributed by atoms with Crippen molar-refractivity contribution in [2.24, 2.45) is 0 Å². The summed E-state index contributed by atoms with van der Waals surface area (Å²) in [5.74, 6) is 0.334. The van der Waals surface area contributed by atoms with Gasteiger partial charge in [0.15, 0.2) is 17.3 Å². The number of Topliss-reactive ketones (excluding diaryl/α,β-unsaturated/α-hetero) is 1. The molecule has 2 heterocycles. The third-order valence-corrected chi connectivity index (χ3v) is 7.10. The van der Waals surface area contributed by atoms with Crippen LogP contribution in [0.15, 0.2) is 60.7 Å². The van der Waals surface area contributed by atoms with Crippen LogP contribution in [0.25, 0.3) is 0 Å². The largest absolute Gasteiger partial charge is 0.508 e. The first-order valence-corrected chi connectivity index (χ1v) is 12.4. The number of phenolic OH excluding ortho intramolecular Hbond substituents is 1. The molecular weight excluding hydrogens is 470 g/mol. The van der Waals surface area contributed by atoms with Crippen LogP contribution < -0.4 is 24.6 Å². The number of fused-ring (bicyclic) bond motifs is 1. The average Bonchev–Trinajstić information content (AvgIpc) is 2.94. The Hall–Kier alpha value is -4.04. The van der Waals surface area contributed by atoms with Crippen molar-refractivity contribution in [2.45, 2.75) is 18.9 Å². The molecule has 0 saturated carbocycles. The highest BCUT2D eigenvalue weighted by Gasteiger charge is 2.36. The van der Waals surface area contributed by atoms with Gasteiger partial charge in [-0.3, -0.25) is 9.59 Å². The number of anilines is 2. The summed E-state index contributed by atoms with van der Waals surface area (Å²) < 4.78 is 10.7. The fourth-order valence-corrected chi connectivity index (χ4v) is 5.10. The summed E-state index contributed by atoms with van der Waals surface area (Å²) in [6, 6.07) is 18.0. The first-order chi connectivity index (χ1) is 18.0. The molecule has 0 bridgehead atoms. The van der Waals surface area contributed by atoms with Crippen molar-refractivity contribution in [2.75, 3.05) is 50.2 Å². The lowest BCUT2D eigenvalue weighted by Gasteiger charge is -2.36. The Morgan fingerprint density at radius 3 is 2.41 bits per heavy atom. The zero-order valence-corrected chi connectivity index (χ0v) is 21.1. The van der Waals surface area contributed by atoms with Gasteiger partial charge in [-0.2, -0.15) is 0 Å². The van der Waals surface area contributed by atoms with E-state index < -0.39 is 5.92 Å². The Balaban J connectivity index is 1.54. The van der Waals surface area contributed by atoms with E-state index in [1.165, 1.54) is 7.11 Å². The molecule has 0 spiro atoms. The number of benzene rings is 3. The Morgan fingerprint density at radius 2 is 1.70 bits per heavy atom. The number of nitrogens with zero attached hydrogens (tertiary/aromatic N) is 2. The normalized spacial score (nSPS) is 17.4. The lowest BCUT2D eigenvalue weighted by Crippen LogP contribution is -2.44. The second kappa shape index (κ2) is 10.5. The molecule has 1 amide bonds. The summed E-state index contributed by atoms with van der Waals surface area (Å²) in [5.41, 5.74) is 3.99. The molecule has 5 rings (SSSR count). The van der Waals surface area contributed by atoms with Crippen molar-refractivity contribution in [3.8, 4) is 17.2 Å². The van der Waals surface area contributed by atoms with Crippen LogP contribution in [0, 0.1) is 0 Å². The van der Waals surface area contributed by atoms with E-state index in [1.807, 2.05) is 12.1 Å². The maximum atomic E-state index is 13.8. The predicted octanol–water partition coefficient (Wildman–Crippen LogP) is 3.72. The maximum Gasteiger partial charge on any atom is 0.228 e. The molecule has 2 aliphatic rings. The van der Waals surface area contributed by atoms with Gasteiger partial charge in [0.2, 0.25) is 5.91 Å². The molecule has 192 valence electrons. The minimum absolute atomic E-state index is 0.0727. The number of ketones is 1. The minimum Gasteiger partial charge on any atom is -0.508 e. The third-order valence-electron chi connectivity index (χ3n) is 7.10. The third kappa shape index (κ3) is 4.97. The fourth-order valence-electron chi connectivity index (χ4n) is 5.10. The number of methoxy groups -OCH3 is 2. The smallest absolute Gasteiger partial charge is 0.228 e. The molecule has 8 nitrogen and oxygen atoms in total. The number of amides is 1. The van der Waals surface area contributed by atoms with Crippen molar-refractivity contribution in [1.29, 1.82) is 0 Å². The van der Waals surface area contributed by atoms with Gasteiger partial charge in [0.05, 0.1) is 26.7 Å². The SMILES string of the molecule is COc1ccc(C(=O)C2CC(=O)N(Cc3ccc(O)cc3)c3ccc(N4CCNCC4)cc32)cc1OC. The summed E-state index contributed by atoms with van der Waals surface area (Å²) in [5, 5.41) is 13.0. The zero-order chi connectivity index (χ0) is 25.9. The number of piperazine rings is 1. The summed E-state index contributed by atoms with van der Waals surface area (Å²) in [4.78, 5) is 31.3. The second-order valence-corrected chi connectivity index (χ2v) is 9.32. The first-order valence-electron chi connectivity index (χ1n) is 12.4. The van der Waals surface area contributed by atoms with Crippen LogP contribution in [0.2, 0.25) is 0 Å². The van der Waals surface area contributed by atoms with Gasteiger partial charge < -0.3 is 29.7 Å². The Morgan fingerprint density at radius 1 is 0.973 bits per heavy atom. The Labute approximate surface area is 216 Å². The molecular formula is C29H31N3O5. The average molecular weight is 502 g/mol. The van der Waals surface area contributed by atoms with E-state index in [0.29, 0.717) is 23.6 Å². The predicted molar refractivity (Wildman–Crippen MR) is 142 cm³/mol. The summed E-state index contributed by atoms with van der Waals surface area (Å²) in [7, 11) is 3.09. The van der Waals surface area contributed by atoms with Crippen LogP contribution >= 0.6 is 0 Å². The quantitative estimate of drug-likeness (QED) is 0.477. The molecule has 3 aromatic carbocycles. The standard InChI is InChI=1S/C29H31N3O5/c1-36-26-10-5-20(15-27(26)37-2)29(35)24-17-28(34)32(18-19-3-7-22(33)8-4-19)25-9-6-21(16-23(24)25)31-13-11-30-12-14-31/h3-10,15-16,24,30,33H,11-14,17-18H2,1-2H3. The molecule has 1 unspecified atom stereocenters. The molecule has 0 aliphatic carbocycles. The Bertz CT molecular complexity index is 1300. The molecule has 8 heteroatoms. The maximum absolute atomic E-state index is 13.8. The number of carbonyl (C=O) groups is 2. The molecule has 2 aliphatic heterocycles.